The molecule has 0 unspecified atom stereocenters. The van der Waals surface area contributed by atoms with Gasteiger partial charge >= 0.3 is 0 Å². The molecule has 88 valence electrons. The number of nitrogens with zero attached hydrogens (tertiary/aromatic N) is 4. The van der Waals surface area contributed by atoms with E-state index < -0.39 is 0 Å². The molecule has 2 aromatic heterocycles. The van der Waals surface area contributed by atoms with Crippen molar-refractivity contribution >= 4 is 0 Å². The minimum atomic E-state index is 0.788. The van der Waals surface area contributed by atoms with Crippen LogP contribution in [-0.2, 0) is 6.54 Å². The van der Waals surface area contributed by atoms with Gasteiger partial charge in [-0.3, -0.25) is 4.98 Å². The highest BCUT2D eigenvalue weighted by Crippen LogP contribution is 2.27. The summed E-state index contributed by atoms with van der Waals surface area (Å²) in [6.07, 6.45) is 8.20. The minimum Gasteiger partial charge on any atom is -0.311 e. The SMILES string of the molecule is c1cncc(-n2cc(CNCC3CC3)nn2)c1. The molecular weight excluding hydrogens is 214 g/mol. The molecule has 1 aliphatic carbocycles. The molecule has 0 amide bonds. The van der Waals surface area contributed by atoms with Gasteiger partial charge in [0, 0.05) is 12.7 Å². The maximum absolute atomic E-state index is 4.13. The lowest BCUT2D eigenvalue weighted by Crippen LogP contribution is -2.16. The van der Waals surface area contributed by atoms with Crippen LogP contribution >= 0.6 is 0 Å². The van der Waals surface area contributed by atoms with Crippen LogP contribution in [0, 0.1) is 5.92 Å². The zero-order valence-corrected chi connectivity index (χ0v) is 9.58. The van der Waals surface area contributed by atoms with E-state index in [9.17, 15) is 0 Å². The lowest BCUT2D eigenvalue weighted by atomic mass is 10.4. The van der Waals surface area contributed by atoms with E-state index in [4.69, 9.17) is 0 Å². The Morgan fingerprint density at radius 3 is 3.12 bits per heavy atom. The second-order valence-corrected chi connectivity index (χ2v) is 4.44. The normalized spacial score (nSPS) is 15.1. The summed E-state index contributed by atoms with van der Waals surface area (Å²) < 4.78 is 1.75. The third-order valence-electron chi connectivity index (χ3n) is 2.89. The summed E-state index contributed by atoms with van der Waals surface area (Å²) in [6, 6.07) is 3.85. The molecule has 3 rings (SSSR count). The van der Waals surface area contributed by atoms with Gasteiger partial charge in [0.25, 0.3) is 0 Å². The summed E-state index contributed by atoms with van der Waals surface area (Å²) in [5.74, 6) is 0.892. The van der Waals surface area contributed by atoms with Gasteiger partial charge in [-0.2, -0.15) is 0 Å². The van der Waals surface area contributed by atoms with Crippen molar-refractivity contribution in [3.63, 3.8) is 0 Å². The Hall–Kier alpha value is -1.75. The maximum atomic E-state index is 4.13. The van der Waals surface area contributed by atoms with Gasteiger partial charge in [0.05, 0.1) is 23.8 Å². The average molecular weight is 229 g/mol. The van der Waals surface area contributed by atoms with Gasteiger partial charge in [0.15, 0.2) is 0 Å². The van der Waals surface area contributed by atoms with Crippen molar-refractivity contribution in [3.05, 3.63) is 36.4 Å². The number of rotatable bonds is 5. The lowest BCUT2D eigenvalue weighted by molar-refractivity contribution is 0.628. The predicted octanol–water partition coefficient (Wildman–Crippen LogP) is 1.16. The molecule has 5 nitrogen and oxygen atoms in total. The fourth-order valence-corrected chi connectivity index (χ4v) is 1.72. The zero-order valence-electron chi connectivity index (χ0n) is 9.58. The minimum absolute atomic E-state index is 0.788. The van der Waals surface area contributed by atoms with Gasteiger partial charge in [-0.05, 0) is 37.4 Å². The van der Waals surface area contributed by atoms with Gasteiger partial charge in [0.2, 0.25) is 0 Å². The summed E-state index contributed by atoms with van der Waals surface area (Å²) in [5, 5.41) is 11.6. The van der Waals surface area contributed by atoms with Crippen LogP contribution in [-0.4, -0.2) is 26.5 Å². The van der Waals surface area contributed by atoms with Crippen molar-refractivity contribution in [3.8, 4) is 5.69 Å². The van der Waals surface area contributed by atoms with Gasteiger partial charge in [-0.25, -0.2) is 4.68 Å². The highest BCUT2D eigenvalue weighted by molar-refractivity contribution is 5.26. The summed E-state index contributed by atoms with van der Waals surface area (Å²) in [7, 11) is 0. The summed E-state index contributed by atoms with van der Waals surface area (Å²) in [5.41, 5.74) is 1.91. The molecule has 0 bridgehead atoms. The van der Waals surface area contributed by atoms with Crippen molar-refractivity contribution in [1.29, 1.82) is 0 Å². The monoisotopic (exact) mass is 229 g/mol. The van der Waals surface area contributed by atoms with Crippen molar-refractivity contribution in [1.82, 2.24) is 25.3 Å². The average Bonchev–Trinajstić information content (AvgIpc) is 3.07. The van der Waals surface area contributed by atoms with E-state index in [2.05, 4.69) is 20.6 Å². The molecule has 0 spiro atoms. The molecule has 0 radical (unpaired) electrons. The number of aromatic nitrogens is 4. The molecule has 0 aliphatic heterocycles. The van der Waals surface area contributed by atoms with Crippen molar-refractivity contribution < 1.29 is 0 Å². The number of hydrogen-bond acceptors (Lipinski definition) is 4. The number of pyridine rings is 1. The van der Waals surface area contributed by atoms with Crippen LogP contribution in [0.1, 0.15) is 18.5 Å². The zero-order chi connectivity index (χ0) is 11.5. The highest BCUT2D eigenvalue weighted by Gasteiger charge is 2.20. The van der Waals surface area contributed by atoms with E-state index in [-0.39, 0.29) is 0 Å². The Balaban J connectivity index is 1.61. The van der Waals surface area contributed by atoms with Crippen molar-refractivity contribution in [2.75, 3.05) is 6.54 Å². The van der Waals surface area contributed by atoms with Crippen molar-refractivity contribution in [2.45, 2.75) is 19.4 Å². The second-order valence-electron chi connectivity index (χ2n) is 4.44. The first-order chi connectivity index (χ1) is 8.42. The molecule has 1 N–H and O–H groups in total. The van der Waals surface area contributed by atoms with E-state index in [1.54, 1.807) is 17.1 Å². The number of nitrogens with one attached hydrogen (secondary N) is 1. The highest BCUT2D eigenvalue weighted by atomic mass is 15.4. The summed E-state index contributed by atoms with van der Waals surface area (Å²) in [4.78, 5) is 4.06. The maximum Gasteiger partial charge on any atom is 0.0969 e. The van der Waals surface area contributed by atoms with Crippen molar-refractivity contribution in [2.24, 2.45) is 5.92 Å². The Labute approximate surface area is 99.9 Å². The Bertz CT molecular complexity index is 475. The fourth-order valence-electron chi connectivity index (χ4n) is 1.72. The quantitative estimate of drug-likeness (QED) is 0.836. The predicted molar refractivity (Wildman–Crippen MR) is 63.6 cm³/mol. The lowest BCUT2D eigenvalue weighted by Gasteiger charge is -1.99. The van der Waals surface area contributed by atoms with E-state index in [0.29, 0.717) is 0 Å². The third-order valence-corrected chi connectivity index (χ3v) is 2.89. The molecule has 1 aliphatic rings. The van der Waals surface area contributed by atoms with Crippen LogP contribution in [0.15, 0.2) is 30.7 Å². The fraction of sp³-hybridized carbons (Fsp3) is 0.417. The molecule has 0 atom stereocenters. The van der Waals surface area contributed by atoms with E-state index in [0.717, 1.165) is 30.4 Å². The van der Waals surface area contributed by atoms with E-state index >= 15 is 0 Å². The standard InChI is InChI=1S/C12H15N5/c1-2-12(8-13-5-1)17-9-11(15-16-17)7-14-6-10-3-4-10/h1-2,5,8-10,14H,3-4,6-7H2. The molecule has 0 aromatic carbocycles. The largest absolute Gasteiger partial charge is 0.311 e. The van der Waals surface area contributed by atoms with Crippen LogP contribution in [0.3, 0.4) is 0 Å². The van der Waals surface area contributed by atoms with Crippen LogP contribution < -0.4 is 5.32 Å². The topological polar surface area (TPSA) is 55.6 Å². The van der Waals surface area contributed by atoms with Gasteiger partial charge in [0.1, 0.15) is 0 Å². The Morgan fingerprint density at radius 1 is 1.41 bits per heavy atom. The molecule has 0 saturated heterocycles. The number of hydrogen-bond donors (Lipinski definition) is 1. The molecule has 17 heavy (non-hydrogen) atoms. The first-order valence-corrected chi connectivity index (χ1v) is 5.94. The van der Waals surface area contributed by atoms with Crippen LogP contribution in [0.4, 0.5) is 0 Å². The van der Waals surface area contributed by atoms with E-state index in [1.807, 2.05) is 18.3 Å². The van der Waals surface area contributed by atoms with Gasteiger partial charge < -0.3 is 5.32 Å². The van der Waals surface area contributed by atoms with Gasteiger partial charge in [-0.15, -0.1) is 5.10 Å². The first kappa shape index (κ1) is 10.4. The first-order valence-electron chi connectivity index (χ1n) is 5.94. The van der Waals surface area contributed by atoms with Crippen LogP contribution in [0.2, 0.25) is 0 Å². The Morgan fingerprint density at radius 2 is 2.35 bits per heavy atom. The van der Waals surface area contributed by atoms with Gasteiger partial charge in [-0.1, -0.05) is 5.21 Å². The summed E-state index contributed by atoms with van der Waals surface area (Å²) >= 11 is 0. The molecular formula is C12H15N5. The molecule has 1 saturated carbocycles. The molecule has 2 aromatic rings. The van der Waals surface area contributed by atoms with Crippen LogP contribution in [0.5, 0.6) is 0 Å². The summed E-state index contributed by atoms with van der Waals surface area (Å²) in [6.45, 7) is 1.89. The molecule has 1 fully saturated rings. The molecule has 2 heterocycles. The van der Waals surface area contributed by atoms with E-state index in [1.165, 1.54) is 12.8 Å². The third kappa shape index (κ3) is 2.68. The van der Waals surface area contributed by atoms with Crippen LogP contribution in [0.25, 0.3) is 5.69 Å². The molecule has 5 heteroatoms. The second kappa shape index (κ2) is 4.63. The Kier molecular flexibility index (Phi) is 2.83. The smallest absolute Gasteiger partial charge is 0.0969 e.